The highest BCUT2D eigenvalue weighted by Crippen LogP contribution is 2.33. The van der Waals surface area contributed by atoms with Crippen LogP contribution in [0, 0.1) is 17.2 Å². The van der Waals surface area contributed by atoms with Crippen LogP contribution in [0.1, 0.15) is 29.8 Å². The Bertz CT molecular complexity index is 835. The molecule has 0 atom stereocenters. The van der Waals surface area contributed by atoms with Gasteiger partial charge in [0.25, 0.3) is 5.91 Å². The van der Waals surface area contributed by atoms with Gasteiger partial charge in [0.05, 0.1) is 11.1 Å². The zero-order valence-corrected chi connectivity index (χ0v) is 16.7. The summed E-state index contributed by atoms with van der Waals surface area (Å²) in [5, 5.41) is 9.32. The third-order valence-corrected chi connectivity index (χ3v) is 5.78. The van der Waals surface area contributed by atoms with E-state index in [1.165, 1.54) is 11.8 Å². The van der Waals surface area contributed by atoms with Crippen LogP contribution < -0.4 is 0 Å². The Morgan fingerprint density at radius 2 is 1.67 bits per heavy atom. The number of benzene rings is 2. The van der Waals surface area contributed by atoms with Crippen molar-refractivity contribution in [2.75, 3.05) is 32.7 Å². The largest absolute Gasteiger partial charge is 0.336 e. The van der Waals surface area contributed by atoms with Gasteiger partial charge in [0.1, 0.15) is 6.07 Å². The molecule has 3 rings (SSSR count). The van der Waals surface area contributed by atoms with E-state index in [4.69, 9.17) is 0 Å². The second-order valence-corrected chi connectivity index (χ2v) is 8.28. The van der Waals surface area contributed by atoms with Gasteiger partial charge in [-0.2, -0.15) is 5.26 Å². The molecule has 1 aliphatic heterocycles. The number of nitrogens with zero attached hydrogens (tertiary/aromatic N) is 3. The van der Waals surface area contributed by atoms with Crippen molar-refractivity contribution in [2.45, 2.75) is 23.6 Å². The molecular formula is C22H25N3OS. The van der Waals surface area contributed by atoms with Gasteiger partial charge in [-0.1, -0.05) is 49.9 Å². The van der Waals surface area contributed by atoms with Gasteiger partial charge in [0.2, 0.25) is 0 Å². The van der Waals surface area contributed by atoms with E-state index in [2.05, 4.69) is 24.8 Å². The van der Waals surface area contributed by atoms with E-state index < -0.39 is 0 Å². The van der Waals surface area contributed by atoms with Crippen LogP contribution in [0.4, 0.5) is 0 Å². The molecule has 0 unspecified atom stereocenters. The SMILES string of the molecule is CC(C)CN1CCN(C(=O)c2ccccc2Sc2ccccc2C#N)CC1. The topological polar surface area (TPSA) is 47.3 Å². The first-order valence-corrected chi connectivity index (χ1v) is 10.2. The maximum Gasteiger partial charge on any atom is 0.255 e. The van der Waals surface area contributed by atoms with Crippen molar-refractivity contribution >= 4 is 17.7 Å². The van der Waals surface area contributed by atoms with Gasteiger partial charge >= 0.3 is 0 Å². The van der Waals surface area contributed by atoms with Gasteiger partial charge in [-0.3, -0.25) is 9.69 Å². The molecule has 0 bridgehead atoms. The lowest BCUT2D eigenvalue weighted by Gasteiger charge is -2.35. The molecule has 0 aliphatic carbocycles. The molecule has 2 aromatic carbocycles. The summed E-state index contributed by atoms with van der Waals surface area (Å²) in [5.41, 5.74) is 1.35. The number of carbonyl (C=O) groups excluding carboxylic acids is 1. The lowest BCUT2D eigenvalue weighted by Crippen LogP contribution is -2.49. The summed E-state index contributed by atoms with van der Waals surface area (Å²) in [7, 11) is 0. The van der Waals surface area contributed by atoms with Gasteiger partial charge in [0.15, 0.2) is 0 Å². The van der Waals surface area contributed by atoms with Crippen molar-refractivity contribution in [1.82, 2.24) is 9.80 Å². The summed E-state index contributed by atoms with van der Waals surface area (Å²) in [4.78, 5) is 19.3. The third kappa shape index (κ3) is 4.91. The molecule has 1 aliphatic rings. The van der Waals surface area contributed by atoms with Gasteiger partial charge in [-0.05, 0) is 30.2 Å². The molecule has 0 aromatic heterocycles. The summed E-state index contributed by atoms with van der Waals surface area (Å²) in [6, 6.07) is 17.4. The minimum Gasteiger partial charge on any atom is -0.336 e. The van der Waals surface area contributed by atoms with Gasteiger partial charge in [-0.15, -0.1) is 0 Å². The van der Waals surface area contributed by atoms with E-state index in [-0.39, 0.29) is 5.91 Å². The molecule has 4 nitrogen and oxygen atoms in total. The number of carbonyl (C=O) groups is 1. The molecule has 0 N–H and O–H groups in total. The Morgan fingerprint density at radius 1 is 1.04 bits per heavy atom. The van der Waals surface area contributed by atoms with Crippen LogP contribution in [0.5, 0.6) is 0 Å². The van der Waals surface area contributed by atoms with Gasteiger partial charge < -0.3 is 4.90 Å². The first-order valence-electron chi connectivity index (χ1n) is 9.36. The maximum absolute atomic E-state index is 13.1. The van der Waals surface area contributed by atoms with Crippen LogP contribution in [-0.2, 0) is 0 Å². The second kappa shape index (κ2) is 9.07. The van der Waals surface area contributed by atoms with Crippen LogP contribution in [-0.4, -0.2) is 48.4 Å². The maximum atomic E-state index is 13.1. The van der Waals surface area contributed by atoms with E-state index in [1.54, 1.807) is 6.07 Å². The van der Waals surface area contributed by atoms with E-state index in [0.29, 0.717) is 17.0 Å². The first-order chi connectivity index (χ1) is 13.1. The van der Waals surface area contributed by atoms with Crippen molar-refractivity contribution in [3.63, 3.8) is 0 Å². The summed E-state index contributed by atoms with van der Waals surface area (Å²) in [5.74, 6) is 0.723. The highest BCUT2D eigenvalue weighted by atomic mass is 32.2. The quantitative estimate of drug-likeness (QED) is 0.784. The van der Waals surface area contributed by atoms with Crippen molar-refractivity contribution < 1.29 is 4.79 Å². The number of amides is 1. The Balaban J connectivity index is 1.74. The Labute approximate surface area is 165 Å². The zero-order valence-electron chi connectivity index (χ0n) is 15.9. The Hall–Kier alpha value is -2.29. The molecule has 5 heteroatoms. The van der Waals surface area contributed by atoms with Crippen LogP contribution in [0.2, 0.25) is 0 Å². The fraction of sp³-hybridized carbons (Fsp3) is 0.364. The molecule has 0 saturated carbocycles. The highest BCUT2D eigenvalue weighted by Gasteiger charge is 2.24. The van der Waals surface area contributed by atoms with E-state index >= 15 is 0 Å². The van der Waals surface area contributed by atoms with E-state index in [1.807, 2.05) is 47.4 Å². The van der Waals surface area contributed by atoms with Crippen LogP contribution >= 0.6 is 11.8 Å². The summed E-state index contributed by atoms with van der Waals surface area (Å²) < 4.78 is 0. The minimum absolute atomic E-state index is 0.0803. The predicted octanol–water partition coefficient (Wildman–Crippen LogP) is 4.12. The average Bonchev–Trinajstić information content (AvgIpc) is 2.68. The third-order valence-electron chi connectivity index (χ3n) is 4.63. The van der Waals surface area contributed by atoms with Gasteiger partial charge in [-0.25, -0.2) is 0 Å². The molecule has 27 heavy (non-hydrogen) atoms. The molecule has 2 aromatic rings. The number of hydrogen-bond donors (Lipinski definition) is 0. The van der Waals surface area contributed by atoms with Crippen LogP contribution in [0.3, 0.4) is 0 Å². The molecule has 1 amide bonds. The van der Waals surface area contributed by atoms with Crippen molar-refractivity contribution in [2.24, 2.45) is 5.92 Å². The van der Waals surface area contributed by atoms with E-state index in [9.17, 15) is 10.1 Å². The second-order valence-electron chi connectivity index (χ2n) is 7.19. The monoisotopic (exact) mass is 379 g/mol. The summed E-state index contributed by atoms with van der Waals surface area (Å²) in [6.45, 7) is 8.92. The Kier molecular flexibility index (Phi) is 6.54. The van der Waals surface area contributed by atoms with Crippen LogP contribution in [0.25, 0.3) is 0 Å². The number of rotatable bonds is 5. The molecule has 1 heterocycles. The highest BCUT2D eigenvalue weighted by molar-refractivity contribution is 7.99. The first kappa shape index (κ1) is 19.5. The zero-order chi connectivity index (χ0) is 19.2. The molecule has 1 saturated heterocycles. The van der Waals surface area contributed by atoms with Crippen molar-refractivity contribution in [3.05, 3.63) is 59.7 Å². The van der Waals surface area contributed by atoms with Gasteiger partial charge in [0, 0.05) is 42.5 Å². The minimum atomic E-state index is 0.0803. The smallest absolute Gasteiger partial charge is 0.255 e. The predicted molar refractivity (Wildman–Crippen MR) is 109 cm³/mol. The average molecular weight is 380 g/mol. The summed E-state index contributed by atoms with van der Waals surface area (Å²) in [6.07, 6.45) is 0. The molecule has 140 valence electrons. The molecule has 0 radical (unpaired) electrons. The van der Waals surface area contributed by atoms with Crippen molar-refractivity contribution in [1.29, 1.82) is 5.26 Å². The number of nitriles is 1. The van der Waals surface area contributed by atoms with Crippen LogP contribution in [0.15, 0.2) is 58.3 Å². The fourth-order valence-corrected chi connectivity index (χ4v) is 4.34. The Morgan fingerprint density at radius 3 is 2.33 bits per heavy atom. The lowest BCUT2D eigenvalue weighted by atomic mass is 10.1. The lowest BCUT2D eigenvalue weighted by molar-refractivity contribution is 0.0620. The summed E-state index contributed by atoms with van der Waals surface area (Å²) >= 11 is 1.49. The number of piperazine rings is 1. The molecule has 1 fully saturated rings. The standard InChI is InChI=1S/C22H25N3OS/c1-17(2)16-24-11-13-25(14-12-24)22(26)19-8-4-6-10-21(19)27-20-9-5-3-7-18(20)15-23/h3-10,17H,11-14,16H2,1-2H3. The normalized spacial score (nSPS) is 15.0. The number of hydrogen-bond acceptors (Lipinski definition) is 4. The van der Waals surface area contributed by atoms with E-state index in [0.717, 1.165) is 42.5 Å². The van der Waals surface area contributed by atoms with Crippen molar-refractivity contribution in [3.8, 4) is 6.07 Å². The molecule has 0 spiro atoms. The fourth-order valence-electron chi connectivity index (χ4n) is 3.32. The molecular weight excluding hydrogens is 354 g/mol.